The molecule has 0 rings (SSSR count). The maximum atomic E-state index is 10.9. The molecule has 14 heavy (non-hydrogen) atoms. The van der Waals surface area contributed by atoms with Crippen LogP contribution in [0.2, 0.25) is 0 Å². The van der Waals surface area contributed by atoms with Crippen molar-refractivity contribution in [2.75, 3.05) is 18.1 Å². The summed E-state index contributed by atoms with van der Waals surface area (Å²) in [4.78, 5) is 21.8. The minimum Gasteiger partial charge on any atom is -0.355 e. The third-order valence-corrected chi connectivity index (χ3v) is 3.76. The first-order valence-electron chi connectivity index (χ1n) is 5.23. The van der Waals surface area contributed by atoms with E-state index in [1.807, 2.05) is 6.92 Å². The van der Waals surface area contributed by atoms with Gasteiger partial charge >= 0.3 is 0 Å². The number of rotatable bonds is 8. The van der Waals surface area contributed by atoms with Crippen LogP contribution in [0.25, 0.3) is 0 Å². The maximum absolute atomic E-state index is 10.9. The molecule has 82 valence electrons. The Morgan fingerprint density at radius 2 is 2.14 bits per heavy atom. The number of amides is 1. The summed E-state index contributed by atoms with van der Waals surface area (Å²) in [6, 6.07) is 0. The molecule has 0 atom stereocenters. The first-order chi connectivity index (χ1) is 7.20. The normalized spacial score (nSPS) is 10.8. The largest absolute Gasteiger partial charge is 0.355 e. The lowest BCUT2D eigenvalue weighted by Crippen LogP contribution is -2.24. The molecule has 0 bridgehead atoms. The molecule has 0 fully saturated rings. The third-order valence-electron chi connectivity index (χ3n) is 1.43. The summed E-state index contributed by atoms with van der Waals surface area (Å²) < 4.78 is 6.84. The van der Waals surface area contributed by atoms with E-state index in [2.05, 4.69) is 5.32 Å². The van der Waals surface area contributed by atoms with Crippen molar-refractivity contribution in [1.82, 2.24) is 5.32 Å². The summed E-state index contributed by atoms with van der Waals surface area (Å²) in [5.41, 5.74) is 0. The van der Waals surface area contributed by atoms with Gasteiger partial charge in [0, 0.05) is 26.5 Å². The quantitative estimate of drug-likeness (QED) is 0.517. The lowest BCUT2D eigenvalue weighted by molar-refractivity contribution is -0.120. The van der Waals surface area contributed by atoms with Crippen molar-refractivity contribution in [1.29, 1.82) is 0 Å². The van der Waals surface area contributed by atoms with Crippen LogP contribution in [0.4, 0.5) is 0 Å². The Labute approximate surface area is 94.6 Å². The van der Waals surface area contributed by atoms with Crippen molar-refractivity contribution in [2.45, 2.75) is 26.7 Å². The molecule has 0 heterocycles. The molecule has 0 aliphatic heterocycles. The number of Topliss-reactive ketones (excluding diaryl/α,β-unsaturated/α-hetero) is 1. The predicted molar refractivity (Wildman–Crippen MR) is 63.5 cm³/mol. The molecule has 0 aliphatic carbocycles. The molecular weight excluding hydrogens is 218 g/mol. The van der Waals surface area contributed by atoms with Crippen LogP contribution in [0.5, 0.6) is 0 Å². The summed E-state index contributed by atoms with van der Waals surface area (Å²) in [7, 11) is 3.12. The molecule has 5 heteroatoms. The van der Waals surface area contributed by atoms with Gasteiger partial charge in [-0.15, -0.1) is 0 Å². The van der Waals surface area contributed by atoms with Gasteiger partial charge in [0.2, 0.25) is 5.91 Å². The second-order valence-electron chi connectivity index (χ2n) is 2.58. The summed E-state index contributed by atoms with van der Waals surface area (Å²) in [6.07, 6.45) is 0.861. The van der Waals surface area contributed by atoms with Gasteiger partial charge in [0.15, 0.2) is 0 Å². The summed E-state index contributed by atoms with van der Waals surface area (Å²) in [5.74, 6) is 1.53. The minimum atomic E-state index is -0.0692. The van der Waals surface area contributed by atoms with Crippen LogP contribution < -0.4 is 5.32 Å². The van der Waals surface area contributed by atoms with Gasteiger partial charge in [0.25, 0.3) is 0 Å². The zero-order valence-electron chi connectivity index (χ0n) is 9.38. The van der Waals surface area contributed by atoms with Crippen LogP contribution in [0.3, 0.4) is 0 Å². The first kappa shape index (κ1) is 11.9. The zero-order valence-corrected chi connectivity index (χ0v) is 10.0. The molecule has 1 N–H and O–H groups in total. The molecular formula is C9H17NO2S2. The number of ketones is 1. The Morgan fingerprint density at radius 3 is 2.79 bits per heavy atom. The maximum Gasteiger partial charge on any atom is 0.219 e. The Bertz CT molecular complexity index is 203. The van der Waals surface area contributed by atoms with Crippen molar-refractivity contribution in [3.8, 4) is 0 Å². The molecule has 0 spiro atoms. The number of carbonyl (C=O) groups is 2. The van der Waals surface area contributed by atoms with Gasteiger partial charge in [-0.05, 0) is 0 Å². The van der Waals surface area contributed by atoms with Gasteiger partial charge in [0.1, 0.15) is 5.78 Å². The van der Waals surface area contributed by atoms with Crippen molar-refractivity contribution < 1.29 is 11.0 Å². The Hall–Kier alpha value is -0.160. The fraction of sp³-hybridized carbons (Fsp3) is 0.778. The fourth-order valence-electron chi connectivity index (χ4n) is 0.589. The molecule has 0 aliphatic rings. The van der Waals surface area contributed by atoms with Gasteiger partial charge in [-0.1, -0.05) is 35.4 Å². The van der Waals surface area contributed by atoms with Crippen LogP contribution in [0.1, 0.15) is 28.0 Å². The van der Waals surface area contributed by atoms with Crippen LogP contribution >= 0.6 is 21.6 Å². The van der Waals surface area contributed by atoms with Gasteiger partial charge in [-0.25, -0.2) is 0 Å². The van der Waals surface area contributed by atoms with Crippen LogP contribution in [0, 0.1) is 0 Å². The molecule has 3 nitrogen and oxygen atoms in total. The van der Waals surface area contributed by atoms with Crippen molar-refractivity contribution in [3.63, 3.8) is 0 Å². The van der Waals surface area contributed by atoms with E-state index in [1.165, 1.54) is 10.8 Å². The SMILES string of the molecule is [3H]CCC(=O)NCCSSCC(=O)CC. The topological polar surface area (TPSA) is 46.2 Å². The monoisotopic (exact) mass is 237 g/mol. The highest BCUT2D eigenvalue weighted by molar-refractivity contribution is 8.76. The van der Waals surface area contributed by atoms with Crippen LogP contribution in [-0.2, 0) is 9.59 Å². The molecule has 1 amide bonds. The summed E-state index contributed by atoms with van der Waals surface area (Å²) in [6.45, 7) is 2.60. The van der Waals surface area contributed by atoms with Crippen molar-refractivity contribution >= 4 is 33.3 Å². The minimum absolute atomic E-state index is 0.0692. The van der Waals surface area contributed by atoms with Crippen molar-refractivity contribution in [2.24, 2.45) is 0 Å². The van der Waals surface area contributed by atoms with Crippen LogP contribution in [-0.4, -0.2) is 29.7 Å². The van der Waals surface area contributed by atoms with E-state index < -0.39 is 0 Å². The predicted octanol–water partition coefficient (Wildman–Crippen LogP) is 1.87. The number of hydrogen-bond acceptors (Lipinski definition) is 4. The van der Waals surface area contributed by atoms with E-state index in [4.69, 9.17) is 1.37 Å². The molecule has 0 saturated carbocycles. The van der Waals surface area contributed by atoms with Gasteiger partial charge < -0.3 is 5.32 Å². The highest BCUT2D eigenvalue weighted by Gasteiger charge is 1.99. The number of nitrogens with one attached hydrogen (secondary N) is 1. The first-order valence-corrected chi connectivity index (χ1v) is 7.01. The Balaban J connectivity index is 3.18. The van der Waals surface area contributed by atoms with E-state index >= 15 is 0 Å². The Kier molecular flexibility index (Phi) is 8.00. The average molecular weight is 237 g/mol. The van der Waals surface area contributed by atoms with E-state index in [0.717, 1.165) is 5.75 Å². The van der Waals surface area contributed by atoms with Gasteiger partial charge in [-0.3, -0.25) is 9.59 Å². The molecule has 0 aromatic heterocycles. The van der Waals surface area contributed by atoms with Crippen molar-refractivity contribution in [3.05, 3.63) is 0 Å². The Morgan fingerprint density at radius 1 is 1.36 bits per heavy atom. The lowest BCUT2D eigenvalue weighted by Gasteiger charge is -2.02. The second kappa shape index (κ2) is 9.40. The lowest BCUT2D eigenvalue weighted by atomic mass is 10.4. The van der Waals surface area contributed by atoms with Crippen LogP contribution in [0.15, 0.2) is 0 Å². The second-order valence-corrected chi connectivity index (χ2v) is 5.16. The van der Waals surface area contributed by atoms with E-state index in [1.54, 1.807) is 10.8 Å². The molecule has 0 aromatic rings. The highest BCUT2D eigenvalue weighted by atomic mass is 33.1. The summed E-state index contributed by atoms with van der Waals surface area (Å²) >= 11 is 0. The third kappa shape index (κ3) is 8.44. The number of carbonyl (C=O) groups excluding carboxylic acids is 2. The van der Waals surface area contributed by atoms with E-state index in [-0.39, 0.29) is 25.0 Å². The zero-order chi connectivity index (χ0) is 11.5. The van der Waals surface area contributed by atoms with E-state index in [0.29, 0.717) is 18.7 Å². The number of hydrogen-bond donors (Lipinski definition) is 1. The molecule has 0 saturated heterocycles. The standard InChI is InChI=1S/C9H17NO2S2/c1-3-8(11)7-14-13-6-5-10-9(12)4-2/h3-7H2,1-2H3,(H,10,12)/i2T. The molecule has 0 aromatic carbocycles. The fourth-order valence-corrected chi connectivity index (χ4v) is 2.56. The highest BCUT2D eigenvalue weighted by Crippen LogP contribution is 2.20. The summed E-state index contributed by atoms with van der Waals surface area (Å²) in [5, 5.41) is 2.71. The smallest absolute Gasteiger partial charge is 0.219 e. The molecule has 0 radical (unpaired) electrons. The van der Waals surface area contributed by atoms with Gasteiger partial charge in [-0.2, -0.15) is 0 Å². The van der Waals surface area contributed by atoms with Gasteiger partial charge in [0.05, 0.1) is 5.75 Å². The average Bonchev–Trinajstić information content (AvgIpc) is 2.23. The molecule has 0 unspecified atom stereocenters. The van der Waals surface area contributed by atoms with E-state index in [9.17, 15) is 9.59 Å².